The van der Waals surface area contributed by atoms with Crippen LogP contribution in [0.3, 0.4) is 0 Å². The van der Waals surface area contributed by atoms with Gasteiger partial charge in [-0.3, -0.25) is 4.98 Å². The minimum Gasteiger partial charge on any atom is -0.511 e. The highest BCUT2D eigenvalue weighted by Gasteiger charge is 2.50. The van der Waals surface area contributed by atoms with E-state index in [0.29, 0.717) is 17.8 Å². The summed E-state index contributed by atoms with van der Waals surface area (Å²) < 4.78 is 0. The summed E-state index contributed by atoms with van der Waals surface area (Å²) in [5.41, 5.74) is 5.61. The predicted molar refractivity (Wildman–Crippen MR) is 123 cm³/mol. The second-order valence-electron chi connectivity index (χ2n) is 9.22. The quantitative estimate of drug-likeness (QED) is 0.617. The monoisotopic (exact) mass is 422 g/mol. The normalized spacial score (nSPS) is 24.4. The smallest absolute Gasteiger partial charge is 0.159 e. The number of aliphatic hydroxyl groups excluding tert-OH is 1. The van der Waals surface area contributed by atoms with Crippen molar-refractivity contribution in [3.63, 3.8) is 0 Å². The summed E-state index contributed by atoms with van der Waals surface area (Å²) in [5, 5.41) is 20.3. The van der Waals surface area contributed by atoms with Crippen LogP contribution in [0.1, 0.15) is 49.2 Å². The van der Waals surface area contributed by atoms with E-state index in [1.165, 1.54) is 11.1 Å². The first kappa shape index (κ1) is 20.4. The Morgan fingerprint density at radius 3 is 2.59 bits per heavy atom. The van der Waals surface area contributed by atoms with Crippen LogP contribution in [0.5, 0.6) is 0 Å². The Morgan fingerprint density at radius 1 is 1.12 bits per heavy atom. The van der Waals surface area contributed by atoms with Gasteiger partial charge in [0.05, 0.1) is 23.0 Å². The molecule has 2 aliphatic rings. The third kappa shape index (κ3) is 3.27. The molecule has 5 rings (SSSR count). The highest BCUT2D eigenvalue weighted by molar-refractivity contribution is 5.56. The molecule has 0 fully saturated rings. The predicted octanol–water partition coefficient (Wildman–Crippen LogP) is 5.32. The number of allylic oxidation sites excluding steroid dienone is 2. The van der Waals surface area contributed by atoms with Crippen LogP contribution in [0, 0.1) is 23.2 Å². The number of rotatable bonds is 3. The van der Waals surface area contributed by atoms with E-state index < -0.39 is 0 Å². The van der Waals surface area contributed by atoms with Crippen LogP contribution in [0.4, 0.5) is 0 Å². The third-order valence-electron chi connectivity index (χ3n) is 7.33. The third-order valence-corrected chi connectivity index (χ3v) is 7.33. The van der Waals surface area contributed by atoms with Gasteiger partial charge in [-0.05, 0) is 48.4 Å². The van der Waals surface area contributed by atoms with E-state index in [4.69, 9.17) is 9.97 Å². The highest BCUT2D eigenvalue weighted by Crippen LogP contribution is 2.53. The van der Waals surface area contributed by atoms with Crippen LogP contribution >= 0.6 is 0 Å². The number of fused-ring (bicyclic) bond motifs is 3. The fraction of sp³-hybridized carbons (Fsp3) is 0.333. The summed E-state index contributed by atoms with van der Waals surface area (Å²) in [6.07, 6.45) is 6.61. The number of hydrogen-bond donors (Lipinski definition) is 1. The molecule has 0 spiro atoms. The van der Waals surface area contributed by atoms with Gasteiger partial charge in [0.2, 0.25) is 0 Å². The zero-order chi connectivity index (χ0) is 22.3. The highest BCUT2D eigenvalue weighted by atomic mass is 16.3. The van der Waals surface area contributed by atoms with E-state index >= 15 is 0 Å². The molecule has 3 aromatic rings. The van der Waals surface area contributed by atoms with Crippen molar-refractivity contribution >= 4 is 0 Å². The lowest BCUT2D eigenvalue weighted by Crippen LogP contribution is -2.45. The molecule has 32 heavy (non-hydrogen) atoms. The molecule has 2 heterocycles. The van der Waals surface area contributed by atoms with Crippen molar-refractivity contribution in [3.8, 4) is 17.5 Å². The van der Waals surface area contributed by atoms with Gasteiger partial charge >= 0.3 is 0 Å². The van der Waals surface area contributed by atoms with Gasteiger partial charge in [0.15, 0.2) is 5.82 Å². The van der Waals surface area contributed by atoms with Gasteiger partial charge in [0, 0.05) is 35.7 Å². The number of hydrogen-bond acceptors (Lipinski definition) is 5. The standard InChI is InChI=1S/C27H26N4O/c1-17-22-9-8-21-23(14-18-6-4-3-5-7-18)30-26(19-10-12-29-13-11-19)31-25(21)27(22,2)15-20(16-28)24(17)32/h3-7,10-13,17,22,32H,8-9,14-15H2,1-2H3/t17-,22-,27-/m1/s1. The summed E-state index contributed by atoms with van der Waals surface area (Å²) in [7, 11) is 0. The maximum atomic E-state index is 10.6. The molecule has 0 unspecified atom stereocenters. The zero-order valence-electron chi connectivity index (χ0n) is 18.4. The molecular weight excluding hydrogens is 396 g/mol. The number of benzene rings is 1. The number of nitriles is 1. The Labute approximate surface area is 188 Å². The number of aliphatic hydroxyl groups is 1. The average Bonchev–Trinajstić information content (AvgIpc) is 2.83. The molecule has 2 aromatic heterocycles. The molecule has 160 valence electrons. The molecule has 0 bridgehead atoms. The Bertz CT molecular complexity index is 1230. The van der Waals surface area contributed by atoms with Crippen LogP contribution in [-0.4, -0.2) is 20.1 Å². The average molecular weight is 423 g/mol. The molecule has 1 N–H and O–H groups in total. The summed E-state index contributed by atoms with van der Waals surface area (Å²) in [5.74, 6) is 1.13. The second-order valence-corrected chi connectivity index (χ2v) is 9.22. The SMILES string of the molecule is C[C@H]1C(O)=C(C#N)C[C@@]2(C)c3nc(-c4ccncc4)nc(Cc4ccccc4)c3CC[C@H]12. The van der Waals surface area contributed by atoms with Crippen molar-refractivity contribution in [3.05, 3.63) is 88.7 Å². The number of nitrogens with zero attached hydrogens (tertiary/aromatic N) is 4. The Morgan fingerprint density at radius 2 is 1.88 bits per heavy atom. The lowest BCUT2D eigenvalue weighted by molar-refractivity contribution is 0.135. The first-order valence-electron chi connectivity index (χ1n) is 11.2. The zero-order valence-corrected chi connectivity index (χ0v) is 18.4. The van der Waals surface area contributed by atoms with Gasteiger partial charge in [-0.1, -0.05) is 44.2 Å². The van der Waals surface area contributed by atoms with Crippen molar-refractivity contribution in [2.75, 3.05) is 0 Å². The van der Waals surface area contributed by atoms with Gasteiger partial charge < -0.3 is 5.11 Å². The minimum atomic E-state index is -0.319. The van der Waals surface area contributed by atoms with Crippen LogP contribution in [0.15, 0.2) is 66.2 Å². The molecule has 2 aliphatic carbocycles. The molecule has 5 heteroatoms. The lowest BCUT2D eigenvalue weighted by Gasteiger charge is -2.48. The molecule has 0 saturated heterocycles. The van der Waals surface area contributed by atoms with E-state index in [9.17, 15) is 10.4 Å². The van der Waals surface area contributed by atoms with Crippen molar-refractivity contribution in [1.82, 2.24) is 15.0 Å². The summed E-state index contributed by atoms with van der Waals surface area (Å²) in [6, 6.07) is 16.5. The molecular formula is C27H26N4O. The molecule has 5 nitrogen and oxygen atoms in total. The molecule has 0 aliphatic heterocycles. The van der Waals surface area contributed by atoms with Gasteiger partial charge in [-0.2, -0.15) is 5.26 Å². The van der Waals surface area contributed by atoms with Crippen molar-refractivity contribution < 1.29 is 5.11 Å². The topological polar surface area (TPSA) is 82.7 Å². The van der Waals surface area contributed by atoms with Crippen molar-refractivity contribution in [2.24, 2.45) is 11.8 Å². The summed E-state index contributed by atoms with van der Waals surface area (Å²) in [4.78, 5) is 14.3. The van der Waals surface area contributed by atoms with E-state index in [0.717, 1.165) is 36.2 Å². The van der Waals surface area contributed by atoms with Crippen LogP contribution in [-0.2, 0) is 18.3 Å². The minimum absolute atomic E-state index is 0.0616. The molecule has 3 atom stereocenters. The summed E-state index contributed by atoms with van der Waals surface area (Å²) in [6.45, 7) is 4.25. The fourth-order valence-electron chi connectivity index (χ4n) is 5.66. The van der Waals surface area contributed by atoms with Crippen LogP contribution in [0.2, 0.25) is 0 Å². The number of aromatic nitrogens is 3. The second kappa shape index (κ2) is 7.87. The van der Waals surface area contributed by atoms with Gasteiger partial charge in [-0.25, -0.2) is 9.97 Å². The number of pyridine rings is 1. The maximum Gasteiger partial charge on any atom is 0.159 e. The molecule has 0 saturated carbocycles. The molecule has 0 amide bonds. The fourth-order valence-corrected chi connectivity index (χ4v) is 5.66. The first-order valence-corrected chi connectivity index (χ1v) is 11.2. The first-order chi connectivity index (χ1) is 15.5. The summed E-state index contributed by atoms with van der Waals surface area (Å²) >= 11 is 0. The van der Waals surface area contributed by atoms with Crippen molar-refractivity contribution in [2.45, 2.75) is 44.9 Å². The van der Waals surface area contributed by atoms with E-state index in [1.807, 2.05) is 25.1 Å². The van der Waals surface area contributed by atoms with Crippen LogP contribution in [0.25, 0.3) is 11.4 Å². The van der Waals surface area contributed by atoms with E-state index in [-0.39, 0.29) is 23.0 Å². The lowest BCUT2D eigenvalue weighted by atomic mass is 9.56. The van der Waals surface area contributed by atoms with E-state index in [2.05, 4.69) is 42.2 Å². The Hall–Kier alpha value is -3.52. The van der Waals surface area contributed by atoms with Gasteiger partial charge in [0.25, 0.3) is 0 Å². The molecule has 0 radical (unpaired) electrons. The van der Waals surface area contributed by atoms with Gasteiger partial charge in [0.1, 0.15) is 5.76 Å². The van der Waals surface area contributed by atoms with E-state index in [1.54, 1.807) is 12.4 Å². The van der Waals surface area contributed by atoms with Crippen molar-refractivity contribution in [1.29, 1.82) is 5.26 Å². The van der Waals surface area contributed by atoms with Gasteiger partial charge in [-0.15, -0.1) is 0 Å². The Balaban J connectivity index is 1.71. The largest absolute Gasteiger partial charge is 0.511 e. The Kier molecular flexibility index (Phi) is 5.01. The van der Waals surface area contributed by atoms with Crippen LogP contribution < -0.4 is 0 Å². The maximum absolute atomic E-state index is 10.6. The molecule has 1 aromatic carbocycles.